The van der Waals surface area contributed by atoms with E-state index in [1.54, 1.807) is 11.7 Å². The van der Waals surface area contributed by atoms with E-state index >= 15 is 0 Å². The molecule has 1 aliphatic heterocycles. The number of thiophene rings is 1. The summed E-state index contributed by atoms with van der Waals surface area (Å²) >= 11 is 1.41. The summed E-state index contributed by atoms with van der Waals surface area (Å²) in [6.45, 7) is 3.75. The minimum absolute atomic E-state index is 0.0198. The summed E-state index contributed by atoms with van der Waals surface area (Å²) < 4.78 is 7.53. The van der Waals surface area contributed by atoms with Gasteiger partial charge in [-0.3, -0.25) is 9.59 Å². The van der Waals surface area contributed by atoms with Crippen molar-refractivity contribution in [3.05, 3.63) is 81.5 Å². The zero-order valence-corrected chi connectivity index (χ0v) is 20.7. The Morgan fingerprint density at radius 3 is 2.66 bits per heavy atom. The predicted octanol–water partition coefficient (Wildman–Crippen LogP) is 4.30. The van der Waals surface area contributed by atoms with E-state index in [1.807, 2.05) is 66.9 Å². The summed E-state index contributed by atoms with van der Waals surface area (Å²) in [4.78, 5) is 33.5. The molecular formula is C27H28N4O3S. The first kappa shape index (κ1) is 23.1. The van der Waals surface area contributed by atoms with Crippen LogP contribution in [0.15, 0.2) is 64.8 Å². The first-order valence-electron chi connectivity index (χ1n) is 11.8. The average Bonchev–Trinajstić information content (AvgIpc) is 3.37. The molecule has 0 spiro atoms. The van der Waals surface area contributed by atoms with Crippen LogP contribution in [0.5, 0.6) is 5.75 Å². The zero-order chi connectivity index (χ0) is 24.4. The Kier molecular flexibility index (Phi) is 6.55. The van der Waals surface area contributed by atoms with Crippen molar-refractivity contribution in [2.75, 3.05) is 25.1 Å². The molecular weight excluding hydrogens is 460 g/mol. The van der Waals surface area contributed by atoms with Crippen LogP contribution < -0.4 is 20.5 Å². The van der Waals surface area contributed by atoms with Crippen LogP contribution in [-0.4, -0.2) is 35.7 Å². The Morgan fingerprint density at radius 2 is 1.91 bits per heavy atom. The number of benzene rings is 2. The Morgan fingerprint density at radius 1 is 1.14 bits per heavy atom. The molecule has 2 aromatic heterocycles. The highest BCUT2D eigenvalue weighted by Crippen LogP contribution is 2.27. The molecule has 0 saturated carbocycles. The number of rotatable bonds is 6. The quantitative estimate of drug-likeness (QED) is 0.438. The predicted molar refractivity (Wildman–Crippen MR) is 140 cm³/mol. The number of hydrogen-bond donors (Lipinski definition) is 1. The standard InChI is InChI=1S/C27H28N4O3S/c1-18-5-9-21(10-6-18)31-26(33)24-23(13-15-35-24)29-27(31)30-14-3-4-20(17-30)25(32)28-16-19-7-11-22(34-2)12-8-19/h5-13,15,20H,3-4,14,16-17H2,1-2H3,(H,28,32). The van der Waals surface area contributed by atoms with Gasteiger partial charge in [-0.2, -0.15) is 0 Å². The van der Waals surface area contributed by atoms with Crippen LogP contribution in [0, 0.1) is 12.8 Å². The fourth-order valence-corrected chi connectivity index (χ4v) is 5.25. The van der Waals surface area contributed by atoms with E-state index in [2.05, 4.69) is 10.2 Å². The highest BCUT2D eigenvalue weighted by atomic mass is 32.1. The van der Waals surface area contributed by atoms with Crippen LogP contribution in [0.25, 0.3) is 15.9 Å². The molecule has 1 fully saturated rings. The molecule has 1 saturated heterocycles. The molecule has 0 radical (unpaired) electrons. The molecule has 3 heterocycles. The fraction of sp³-hybridized carbons (Fsp3) is 0.296. The lowest BCUT2D eigenvalue weighted by molar-refractivity contribution is -0.125. The maximum atomic E-state index is 13.5. The third kappa shape index (κ3) is 4.79. The second-order valence-corrected chi connectivity index (χ2v) is 9.79. The summed E-state index contributed by atoms with van der Waals surface area (Å²) in [6, 6.07) is 17.5. The molecule has 0 bridgehead atoms. The number of amides is 1. The molecule has 4 aromatic rings. The van der Waals surface area contributed by atoms with Gasteiger partial charge in [-0.05, 0) is 61.0 Å². The monoisotopic (exact) mass is 488 g/mol. The number of ether oxygens (including phenoxy) is 1. The lowest BCUT2D eigenvalue weighted by Gasteiger charge is -2.34. The molecule has 2 aromatic carbocycles. The van der Waals surface area contributed by atoms with Crippen LogP contribution in [0.2, 0.25) is 0 Å². The van der Waals surface area contributed by atoms with Gasteiger partial charge in [-0.15, -0.1) is 11.3 Å². The molecule has 0 aliphatic carbocycles. The van der Waals surface area contributed by atoms with E-state index in [0.29, 0.717) is 29.3 Å². The van der Waals surface area contributed by atoms with Gasteiger partial charge in [-0.1, -0.05) is 29.8 Å². The van der Waals surface area contributed by atoms with E-state index in [-0.39, 0.29) is 17.4 Å². The Bertz CT molecular complexity index is 1390. The molecule has 8 heteroatoms. The molecule has 5 rings (SSSR count). The summed E-state index contributed by atoms with van der Waals surface area (Å²) in [5, 5.41) is 4.97. The highest BCUT2D eigenvalue weighted by molar-refractivity contribution is 7.17. The normalized spacial score (nSPS) is 15.8. The topological polar surface area (TPSA) is 76.5 Å². The number of fused-ring (bicyclic) bond motifs is 1. The smallest absolute Gasteiger partial charge is 0.277 e. The Hall–Kier alpha value is -3.65. The van der Waals surface area contributed by atoms with E-state index in [1.165, 1.54) is 11.3 Å². The average molecular weight is 489 g/mol. The maximum Gasteiger partial charge on any atom is 0.277 e. The van der Waals surface area contributed by atoms with Crippen molar-refractivity contribution >= 4 is 33.4 Å². The van der Waals surface area contributed by atoms with Crippen LogP contribution in [0.3, 0.4) is 0 Å². The summed E-state index contributed by atoms with van der Waals surface area (Å²) in [7, 11) is 1.63. The molecule has 1 atom stereocenters. The number of carbonyl (C=O) groups is 1. The number of piperidine rings is 1. The van der Waals surface area contributed by atoms with Gasteiger partial charge in [0, 0.05) is 19.6 Å². The minimum atomic E-state index is -0.177. The second-order valence-electron chi connectivity index (χ2n) is 8.87. The van der Waals surface area contributed by atoms with Gasteiger partial charge in [0.25, 0.3) is 5.56 Å². The summed E-state index contributed by atoms with van der Waals surface area (Å²) in [6.07, 6.45) is 1.66. The van der Waals surface area contributed by atoms with Gasteiger partial charge in [0.1, 0.15) is 10.4 Å². The maximum absolute atomic E-state index is 13.5. The van der Waals surface area contributed by atoms with Crippen LogP contribution in [-0.2, 0) is 11.3 Å². The van der Waals surface area contributed by atoms with Crippen molar-refractivity contribution < 1.29 is 9.53 Å². The van der Waals surface area contributed by atoms with Crippen LogP contribution in [0.4, 0.5) is 5.95 Å². The largest absolute Gasteiger partial charge is 0.497 e. The molecule has 1 amide bonds. The fourth-order valence-electron chi connectivity index (χ4n) is 4.49. The Labute approximate surface area is 208 Å². The molecule has 35 heavy (non-hydrogen) atoms. The number of carbonyl (C=O) groups excluding carboxylic acids is 1. The van der Waals surface area contributed by atoms with Crippen molar-refractivity contribution in [3.8, 4) is 11.4 Å². The van der Waals surface area contributed by atoms with E-state index in [4.69, 9.17) is 9.72 Å². The SMILES string of the molecule is COc1ccc(CNC(=O)C2CCCN(c3nc4ccsc4c(=O)n3-c3ccc(C)cc3)C2)cc1. The van der Waals surface area contributed by atoms with Crippen molar-refractivity contribution in [2.24, 2.45) is 5.92 Å². The van der Waals surface area contributed by atoms with Crippen molar-refractivity contribution in [2.45, 2.75) is 26.3 Å². The van der Waals surface area contributed by atoms with Crippen molar-refractivity contribution in [1.82, 2.24) is 14.9 Å². The van der Waals surface area contributed by atoms with Gasteiger partial charge in [0.2, 0.25) is 11.9 Å². The lowest BCUT2D eigenvalue weighted by atomic mass is 9.97. The van der Waals surface area contributed by atoms with Crippen LogP contribution in [0.1, 0.15) is 24.0 Å². The molecule has 1 N–H and O–H groups in total. The molecule has 1 aliphatic rings. The van der Waals surface area contributed by atoms with Gasteiger partial charge >= 0.3 is 0 Å². The highest BCUT2D eigenvalue weighted by Gasteiger charge is 2.29. The number of nitrogens with one attached hydrogen (secondary N) is 1. The first-order chi connectivity index (χ1) is 17.0. The number of aromatic nitrogens is 2. The summed E-state index contributed by atoms with van der Waals surface area (Å²) in [5.41, 5.74) is 3.55. The number of nitrogens with zero attached hydrogens (tertiary/aromatic N) is 3. The zero-order valence-electron chi connectivity index (χ0n) is 19.9. The van der Waals surface area contributed by atoms with E-state index in [0.717, 1.165) is 42.0 Å². The van der Waals surface area contributed by atoms with Gasteiger partial charge in [0.15, 0.2) is 0 Å². The van der Waals surface area contributed by atoms with Crippen molar-refractivity contribution in [1.29, 1.82) is 0 Å². The number of anilines is 1. The lowest BCUT2D eigenvalue weighted by Crippen LogP contribution is -2.45. The van der Waals surface area contributed by atoms with Gasteiger partial charge in [0.05, 0.1) is 24.2 Å². The Balaban J connectivity index is 1.39. The third-order valence-electron chi connectivity index (χ3n) is 6.46. The summed E-state index contributed by atoms with van der Waals surface area (Å²) in [5.74, 6) is 1.23. The minimum Gasteiger partial charge on any atom is -0.497 e. The number of hydrogen-bond acceptors (Lipinski definition) is 6. The molecule has 1 unspecified atom stereocenters. The van der Waals surface area contributed by atoms with Crippen LogP contribution >= 0.6 is 11.3 Å². The molecule has 180 valence electrons. The second kappa shape index (κ2) is 9.92. The first-order valence-corrected chi connectivity index (χ1v) is 12.6. The van der Waals surface area contributed by atoms with E-state index < -0.39 is 0 Å². The van der Waals surface area contributed by atoms with Gasteiger partial charge < -0.3 is 15.0 Å². The molecule has 7 nitrogen and oxygen atoms in total. The number of methoxy groups -OCH3 is 1. The van der Waals surface area contributed by atoms with Gasteiger partial charge in [-0.25, -0.2) is 9.55 Å². The number of aryl methyl sites for hydroxylation is 1. The third-order valence-corrected chi connectivity index (χ3v) is 7.35. The van der Waals surface area contributed by atoms with E-state index in [9.17, 15) is 9.59 Å². The van der Waals surface area contributed by atoms with Crippen molar-refractivity contribution in [3.63, 3.8) is 0 Å².